The highest BCUT2D eigenvalue weighted by Crippen LogP contribution is 2.35. The van der Waals surface area contributed by atoms with Gasteiger partial charge in [0.15, 0.2) is 11.5 Å². The molecule has 2 aromatic carbocycles. The van der Waals surface area contributed by atoms with Gasteiger partial charge in [0, 0.05) is 0 Å². The number of aliphatic carboxylic acids is 1. The number of nitrogens with zero attached hydrogens (tertiary/aromatic N) is 1. The Labute approximate surface area is 184 Å². The van der Waals surface area contributed by atoms with E-state index in [1.54, 1.807) is 24.3 Å². The fraction of sp³-hybridized carbons (Fsp3) is 0.150. The number of methoxy groups -OCH3 is 1. The minimum atomic E-state index is -1.29. The molecule has 1 fully saturated rings. The molecular formula is C20H16FIN2O6. The van der Waals surface area contributed by atoms with E-state index in [0.29, 0.717) is 25.5 Å². The fourth-order valence-electron chi connectivity index (χ4n) is 2.72. The number of benzene rings is 2. The van der Waals surface area contributed by atoms with Gasteiger partial charge in [-0.3, -0.25) is 9.59 Å². The zero-order valence-electron chi connectivity index (χ0n) is 15.6. The maximum Gasteiger partial charge on any atom is 0.329 e. The van der Waals surface area contributed by atoms with Gasteiger partial charge in [0.05, 0.1) is 10.7 Å². The molecule has 10 heteroatoms. The summed E-state index contributed by atoms with van der Waals surface area (Å²) in [6.07, 6.45) is 1.43. The Kier molecular flexibility index (Phi) is 6.55. The highest BCUT2D eigenvalue weighted by Gasteiger charge is 2.34. The van der Waals surface area contributed by atoms with E-state index in [1.165, 1.54) is 25.3 Å². The van der Waals surface area contributed by atoms with Crippen molar-refractivity contribution < 1.29 is 33.4 Å². The Bertz CT molecular complexity index is 1040. The Morgan fingerprint density at radius 2 is 1.97 bits per heavy atom. The lowest BCUT2D eigenvalue weighted by Crippen LogP contribution is -2.35. The van der Waals surface area contributed by atoms with Gasteiger partial charge in [-0.1, -0.05) is 12.1 Å². The Balaban J connectivity index is 1.82. The first kappa shape index (κ1) is 21.6. The summed E-state index contributed by atoms with van der Waals surface area (Å²) in [4.78, 5) is 35.5. The molecule has 2 aromatic rings. The van der Waals surface area contributed by atoms with Crippen LogP contribution in [-0.2, 0) is 16.2 Å². The molecule has 0 spiro atoms. The molecule has 0 unspecified atom stereocenters. The average Bonchev–Trinajstić information content (AvgIpc) is 2.95. The van der Waals surface area contributed by atoms with Crippen LogP contribution in [0.2, 0.25) is 0 Å². The molecule has 1 aliphatic heterocycles. The number of hydrogen-bond acceptors (Lipinski definition) is 5. The number of halogens is 2. The first-order chi connectivity index (χ1) is 14.3. The number of carbonyl (C=O) groups is 3. The molecule has 8 nitrogen and oxygen atoms in total. The molecule has 1 heterocycles. The van der Waals surface area contributed by atoms with E-state index >= 15 is 0 Å². The van der Waals surface area contributed by atoms with Gasteiger partial charge < -0.3 is 19.9 Å². The first-order valence-corrected chi connectivity index (χ1v) is 9.67. The van der Waals surface area contributed by atoms with E-state index in [4.69, 9.17) is 14.6 Å². The van der Waals surface area contributed by atoms with Gasteiger partial charge in [-0.05, 0) is 64.1 Å². The van der Waals surface area contributed by atoms with E-state index < -0.39 is 24.5 Å². The van der Waals surface area contributed by atoms with Crippen LogP contribution in [0.15, 0.2) is 42.1 Å². The van der Waals surface area contributed by atoms with Crippen molar-refractivity contribution in [3.05, 3.63) is 62.6 Å². The van der Waals surface area contributed by atoms with Gasteiger partial charge in [-0.25, -0.2) is 14.1 Å². The van der Waals surface area contributed by atoms with Gasteiger partial charge >= 0.3 is 12.0 Å². The number of carboxylic acids is 1. The molecule has 0 radical (unpaired) electrons. The minimum absolute atomic E-state index is 0.0425. The third-order valence-electron chi connectivity index (χ3n) is 4.11. The molecule has 0 saturated carbocycles. The topological polar surface area (TPSA) is 105 Å². The number of urea groups is 1. The molecule has 3 rings (SSSR count). The lowest BCUT2D eigenvalue weighted by molar-refractivity contribution is -0.140. The summed E-state index contributed by atoms with van der Waals surface area (Å²) in [6.45, 7) is -0.523. The molecule has 0 aromatic heterocycles. The highest BCUT2D eigenvalue weighted by atomic mass is 127. The quantitative estimate of drug-likeness (QED) is 0.327. The van der Waals surface area contributed by atoms with E-state index in [1.807, 2.05) is 22.6 Å². The highest BCUT2D eigenvalue weighted by molar-refractivity contribution is 14.1. The second-order valence-corrected chi connectivity index (χ2v) is 7.38. The molecule has 2 N–H and O–H groups in total. The van der Waals surface area contributed by atoms with Crippen molar-refractivity contribution in [2.75, 3.05) is 13.7 Å². The van der Waals surface area contributed by atoms with Crippen LogP contribution in [0.5, 0.6) is 11.5 Å². The SMILES string of the molecule is COc1cc(/C=C2/NC(=O)N(CC(=O)O)C2=O)cc(I)c1OCc1ccc(F)cc1. The fourth-order valence-corrected chi connectivity index (χ4v) is 3.50. The molecule has 1 aliphatic rings. The van der Waals surface area contributed by atoms with Crippen LogP contribution in [0.25, 0.3) is 6.08 Å². The second kappa shape index (κ2) is 9.11. The Morgan fingerprint density at radius 1 is 1.27 bits per heavy atom. The summed E-state index contributed by atoms with van der Waals surface area (Å²) < 4.78 is 24.9. The summed E-state index contributed by atoms with van der Waals surface area (Å²) in [7, 11) is 1.46. The smallest absolute Gasteiger partial charge is 0.329 e. The van der Waals surface area contributed by atoms with Crippen LogP contribution in [0, 0.1) is 9.39 Å². The average molecular weight is 526 g/mol. The number of carbonyl (C=O) groups excluding carboxylic acids is 2. The van der Waals surface area contributed by atoms with Crippen LogP contribution in [0.4, 0.5) is 9.18 Å². The number of carboxylic acid groups (broad SMARTS) is 1. The van der Waals surface area contributed by atoms with E-state index in [-0.39, 0.29) is 18.1 Å². The molecule has 30 heavy (non-hydrogen) atoms. The minimum Gasteiger partial charge on any atom is -0.493 e. The molecule has 1 saturated heterocycles. The third kappa shape index (κ3) is 4.87. The van der Waals surface area contributed by atoms with Gasteiger partial charge in [0.2, 0.25) is 0 Å². The molecule has 0 atom stereocenters. The van der Waals surface area contributed by atoms with Crippen LogP contribution >= 0.6 is 22.6 Å². The maximum absolute atomic E-state index is 13.0. The van der Waals surface area contributed by atoms with E-state index in [0.717, 1.165) is 5.56 Å². The van der Waals surface area contributed by atoms with Crippen molar-refractivity contribution in [1.82, 2.24) is 10.2 Å². The molecular weight excluding hydrogens is 510 g/mol. The van der Waals surface area contributed by atoms with Crippen LogP contribution in [0.3, 0.4) is 0 Å². The van der Waals surface area contributed by atoms with Crippen molar-refractivity contribution in [3.63, 3.8) is 0 Å². The van der Waals surface area contributed by atoms with Crippen LogP contribution in [-0.4, -0.2) is 41.6 Å². The Hall–Kier alpha value is -3.15. The third-order valence-corrected chi connectivity index (χ3v) is 4.92. The zero-order valence-corrected chi connectivity index (χ0v) is 17.8. The predicted molar refractivity (Wildman–Crippen MR) is 112 cm³/mol. The predicted octanol–water partition coefficient (Wildman–Crippen LogP) is 3.00. The maximum atomic E-state index is 13.0. The van der Waals surface area contributed by atoms with Crippen molar-refractivity contribution in [2.45, 2.75) is 6.61 Å². The summed E-state index contributed by atoms with van der Waals surface area (Å²) in [5.41, 5.74) is 1.28. The van der Waals surface area contributed by atoms with Gasteiger partial charge in [-0.2, -0.15) is 0 Å². The van der Waals surface area contributed by atoms with Crippen LogP contribution < -0.4 is 14.8 Å². The number of ether oxygens (including phenoxy) is 2. The number of hydrogen-bond donors (Lipinski definition) is 2. The number of imide groups is 1. The van der Waals surface area contributed by atoms with Crippen molar-refractivity contribution in [3.8, 4) is 11.5 Å². The van der Waals surface area contributed by atoms with E-state index in [9.17, 15) is 18.8 Å². The van der Waals surface area contributed by atoms with Crippen molar-refractivity contribution >= 4 is 46.6 Å². The Morgan fingerprint density at radius 3 is 2.60 bits per heavy atom. The normalized spacial score (nSPS) is 14.8. The van der Waals surface area contributed by atoms with Crippen molar-refractivity contribution in [1.29, 1.82) is 0 Å². The number of nitrogens with one attached hydrogen (secondary N) is 1. The standard InChI is InChI=1S/C20H16FIN2O6/c1-29-16-8-12(7-15-19(27)24(9-17(25)26)20(28)23-15)6-14(22)18(16)30-10-11-2-4-13(21)5-3-11/h2-8H,9-10H2,1H3,(H,23,28)(H,25,26)/b15-7+. The summed E-state index contributed by atoms with van der Waals surface area (Å²) >= 11 is 2.04. The molecule has 0 aliphatic carbocycles. The largest absolute Gasteiger partial charge is 0.493 e. The van der Waals surface area contributed by atoms with Crippen LogP contribution in [0.1, 0.15) is 11.1 Å². The summed E-state index contributed by atoms with van der Waals surface area (Å²) in [5, 5.41) is 11.2. The molecule has 3 amide bonds. The molecule has 0 bridgehead atoms. The monoisotopic (exact) mass is 526 g/mol. The summed E-state index contributed by atoms with van der Waals surface area (Å²) in [5.74, 6) is -1.49. The number of amides is 3. The second-order valence-electron chi connectivity index (χ2n) is 6.22. The van der Waals surface area contributed by atoms with Gasteiger partial charge in [-0.15, -0.1) is 0 Å². The van der Waals surface area contributed by atoms with Crippen molar-refractivity contribution in [2.24, 2.45) is 0 Å². The molecule has 156 valence electrons. The zero-order chi connectivity index (χ0) is 21.8. The summed E-state index contributed by atoms with van der Waals surface area (Å²) in [6, 6.07) is 8.46. The number of rotatable bonds is 7. The van der Waals surface area contributed by atoms with Gasteiger partial charge in [0.1, 0.15) is 24.7 Å². The lowest BCUT2D eigenvalue weighted by atomic mass is 10.1. The lowest BCUT2D eigenvalue weighted by Gasteiger charge is -2.14. The van der Waals surface area contributed by atoms with Gasteiger partial charge in [0.25, 0.3) is 5.91 Å². The first-order valence-electron chi connectivity index (χ1n) is 8.59. The van der Waals surface area contributed by atoms with E-state index in [2.05, 4.69) is 5.32 Å².